The number of nitrogens with zero attached hydrogens (tertiary/aromatic N) is 2. The average Bonchev–Trinajstić information content (AvgIpc) is 2.53. The number of piperazine rings is 1. The summed E-state index contributed by atoms with van der Waals surface area (Å²) < 4.78 is 5.48. The van der Waals surface area contributed by atoms with Crippen molar-refractivity contribution < 1.29 is 9.53 Å². The molecule has 1 heterocycles. The molecular formula is C19H28N2O2. The number of fused-ring (bicyclic) bond motifs is 1. The Morgan fingerprint density at radius 3 is 2.43 bits per heavy atom. The lowest BCUT2D eigenvalue weighted by atomic mass is 9.90. The first kappa shape index (κ1) is 16.2. The van der Waals surface area contributed by atoms with Gasteiger partial charge >= 0.3 is 6.09 Å². The molecule has 0 saturated carbocycles. The lowest BCUT2D eigenvalue weighted by Crippen LogP contribution is -2.50. The third-order valence-electron chi connectivity index (χ3n) is 4.64. The Labute approximate surface area is 139 Å². The molecule has 0 unspecified atom stereocenters. The van der Waals surface area contributed by atoms with Crippen molar-refractivity contribution in [3.63, 3.8) is 0 Å². The molecule has 1 saturated heterocycles. The van der Waals surface area contributed by atoms with Gasteiger partial charge in [0, 0.05) is 31.9 Å². The Bertz CT molecular complexity index is 569. The van der Waals surface area contributed by atoms with Gasteiger partial charge in [0.2, 0.25) is 0 Å². The molecule has 1 aromatic carbocycles. The van der Waals surface area contributed by atoms with Gasteiger partial charge in [-0.15, -0.1) is 0 Å². The predicted molar refractivity (Wildman–Crippen MR) is 93.1 cm³/mol. The zero-order valence-electron chi connectivity index (χ0n) is 14.6. The standard InChI is InChI=1S/C19H28N2O2/c1-19(2,3)23-18(22)21-13-11-20(12-14-21)17-10-6-8-15-7-4-5-9-16(15)17/h6,8,10H,4-5,7,9,11-14H2,1-3H3. The van der Waals surface area contributed by atoms with Crippen molar-refractivity contribution >= 4 is 11.8 Å². The van der Waals surface area contributed by atoms with Crippen molar-refractivity contribution in [1.29, 1.82) is 0 Å². The number of rotatable bonds is 1. The third kappa shape index (κ3) is 3.80. The second-order valence-corrected chi connectivity index (χ2v) is 7.58. The summed E-state index contributed by atoms with van der Waals surface area (Å²) in [6, 6.07) is 6.70. The third-order valence-corrected chi connectivity index (χ3v) is 4.64. The second-order valence-electron chi connectivity index (χ2n) is 7.58. The van der Waals surface area contributed by atoms with Gasteiger partial charge in [-0.3, -0.25) is 0 Å². The number of aryl methyl sites for hydroxylation is 1. The molecule has 1 aromatic rings. The van der Waals surface area contributed by atoms with Crippen molar-refractivity contribution in [2.75, 3.05) is 31.1 Å². The second kappa shape index (κ2) is 6.42. The summed E-state index contributed by atoms with van der Waals surface area (Å²) in [5.41, 5.74) is 4.01. The van der Waals surface area contributed by atoms with Crippen LogP contribution in [0.15, 0.2) is 18.2 Å². The van der Waals surface area contributed by atoms with E-state index in [9.17, 15) is 4.79 Å². The van der Waals surface area contributed by atoms with E-state index in [1.807, 2.05) is 25.7 Å². The van der Waals surface area contributed by atoms with Crippen LogP contribution >= 0.6 is 0 Å². The highest BCUT2D eigenvalue weighted by molar-refractivity contribution is 5.69. The molecule has 126 valence electrons. The van der Waals surface area contributed by atoms with Crippen LogP contribution in [0, 0.1) is 0 Å². The maximum absolute atomic E-state index is 12.2. The molecule has 4 heteroatoms. The first-order valence-corrected chi connectivity index (χ1v) is 8.78. The number of anilines is 1. The van der Waals surface area contributed by atoms with Gasteiger partial charge in [0.15, 0.2) is 0 Å². The van der Waals surface area contributed by atoms with Gasteiger partial charge in [-0.25, -0.2) is 4.79 Å². The molecule has 1 aliphatic heterocycles. The zero-order chi connectivity index (χ0) is 16.4. The van der Waals surface area contributed by atoms with E-state index >= 15 is 0 Å². The van der Waals surface area contributed by atoms with Gasteiger partial charge in [-0.1, -0.05) is 12.1 Å². The van der Waals surface area contributed by atoms with Crippen LogP contribution in [0.3, 0.4) is 0 Å². The summed E-state index contributed by atoms with van der Waals surface area (Å²) in [5.74, 6) is 0. The molecule has 0 aromatic heterocycles. The Kier molecular flexibility index (Phi) is 4.51. The van der Waals surface area contributed by atoms with Gasteiger partial charge in [-0.2, -0.15) is 0 Å². The van der Waals surface area contributed by atoms with E-state index in [2.05, 4.69) is 23.1 Å². The van der Waals surface area contributed by atoms with Gasteiger partial charge in [0.25, 0.3) is 0 Å². The number of hydrogen-bond acceptors (Lipinski definition) is 3. The molecule has 2 aliphatic rings. The first-order valence-electron chi connectivity index (χ1n) is 8.78. The van der Waals surface area contributed by atoms with E-state index in [4.69, 9.17) is 4.74 Å². The number of amides is 1. The zero-order valence-corrected chi connectivity index (χ0v) is 14.6. The molecule has 0 spiro atoms. The van der Waals surface area contributed by atoms with Crippen LogP contribution in [0.2, 0.25) is 0 Å². The smallest absolute Gasteiger partial charge is 0.410 e. The fourth-order valence-corrected chi connectivity index (χ4v) is 3.51. The Morgan fingerprint density at radius 1 is 1.04 bits per heavy atom. The van der Waals surface area contributed by atoms with Crippen LogP contribution in [-0.4, -0.2) is 42.8 Å². The number of benzene rings is 1. The van der Waals surface area contributed by atoms with Gasteiger partial charge in [0.1, 0.15) is 5.60 Å². The van der Waals surface area contributed by atoms with E-state index in [0.29, 0.717) is 0 Å². The van der Waals surface area contributed by atoms with Gasteiger partial charge < -0.3 is 14.5 Å². The monoisotopic (exact) mass is 316 g/mol. The largest absolute Gasteiger partial charge is 0.444 e. The van der Waals surface area contributed by atoms with Crippen LogP contribution in [0.5, 0.6) is 0 Å². The molecule has 1 fully saturated rings. The first-order chi connectivity index (χ1) is 10.9. The van der Waals surface area contributed by atoms with Crippen molar-refractivity contribution in [2.45, 2.75) is 52.1 Å². The van der Waals surface area contributed by atoms with E-state index in [0.717, 1.165) is 26.2 Å². The maximum Gasteiger partial charge on any atom is 0.410 e. The fraction of sp³-hybridized carbons (Fsp3) is 0.632. The average molecular weight is 316 g/mol. The van der Waals surface area contributed by atoms with Crippen LogP contribution in [-0.2, 0) is 17.6 Å². The minimum absolute atomic E-state index is 0.188. The number of hydrogen-bond donors (Lipinski definition) is 0. The summed E-state index contributed by atoms with van der Waals surface area (Å²) in [5, 5.41) is 0. The van der Waals surface area contributed by atoms with Crippen LogP contribution in [0.25, 0.3) is 0 Å². The molecule has 23 heavy (non-hydrogen) atoms. The summed E-state index contributed by atoms with van der Waals surface area (Å²) in [4.78, 5) is 16.4. The topological polar surface area (TPSA) is 32.8 Å². The molecular weight excluding hydrogens is 288 g/mol. The normalized spacial score (nSPS) is 18.6. The van der Waals surface area contributed by atoms with E-state index in [1.54, 1.807) is 0 Å². The van der Waals surface area contributed by atoms with Crippen molar-refractivity contribution in [2.24, 2.45) is 0 Å². The van der Waals surface area contributed by atoms with Crippen molar-refractivity contribution in [3.05, 3.63) is 29.3 Å². The van der Waals surface area contributed by atoms with Crippen LogP contribution in [0.4, 0.5) is 10.5 Å². The van der Waals surface area contributed by atoms with Crippen molar-refractivity contribution in [3.8, 4) is 0 Å². The van der Waals surface area contributed by atoms with E-state index in [-0.39, 0.29) is 6.09 Å². The van der Waals surface area contributed by atoms with Gasteiger partial charge in [-0.05, 0) is 63.6 Å². The van der Waals surface area contributed by atoms with E-state index < -0.39 is 5.60 Å². The molecule has 0 bridgehead atoms. The highest BCUT2D eigenvalue weighted by Gasteiger charge is 2.27. The minimum Gasteiger partial charge on any atom is -0.444 e. The highest BCUT2D eigenvalue weighted by Crippen LogP contribution is 2.31. The molecule has 0 N–H and O–H groups in total. The molecule has 0 radical (unpaired) electrons. The fourth-order valence-electron chi connectivity index (χ4n) is 3.51. The number of carbonyl (C=O) groups excluding carboxylic acids is 1. The summed E-state index contributed by atoms with van der Waals surface area (Å²) in [6.07, 6.45) is 4.82. The number of ether oxygens (including phenoxy) is 1. The lowest BCUT2D eigenvalue weighted by Gasteiger charge is -2.38. The Balaban J connectivity index is 1.65. The van der Waals surface area contributed by atoms with Crippen molar-refractivity contribution in [1.82, 2.24) is 4.90 Å². The van der Waals surface area contributed by atoms with Crippen LogP contribution in [0.1, 0.15) is 44.7 Å². The molecule has 1 amide bonds. The van der Waals surface area contributed by atoms with Crippen LogP contribution < -0.4 is 4.90 Å². The number of carbonyl (C=O) groups is 1. The van der Waals surface area contributed by atoms with E-state index in [1.165, 1.54) is 42.5 Å². The highest BCUT2D eigenvalue weighted by atomic mass is 16.6. The Hall–Kier alpha value is -1.71. The maximum atomic E-state index is 12.2. The summed E-state index contributed by atoms with van der Waals surface area (Å²) in [7, 11) is 0. The quantitative estimate of drug-likeness (QED) is 0.793. The molecule has 1 aliphatic carbocycles. The lowest BCUT2D eigenvalue weighted by molar-refractivity contribution is 0.0240. The molecule has 4 nitrogen and oxygen atoms in total. The summed E-state index contributed by atoms with van der Waals surface area (Å²) >= 11 is 0. The minimum atomic E-state index is -0.424. The molecule has 0 atom stereocenters. The van der Waals surface area contributed by atoms with Gasteiger partial charge in [0.05, 0.1) is 0 Å². The Morgan fingerprint density at radius 2 is 1.74 bits per heavy atom. The SMILES string of the molecule is CC(C)(C)OC(=O)N1CCN(c2cccc3c2CCCC3)CC1. The summed E-state index contributed by atoms with van der Waals surface area (Å²) in [6.45, 7) is 8.98. The predicted octanol–water partition coefficient (Wildman–Crippen LogP) is 3.62. The molecule has 3 rings (SSSR count).